The summed E-state index contributed by atoms with van der Waals surface area (Å²) in [6, 6.07) is 4.57. The van der Waals surface area contributed by atoms with Crippen LogP contribution in [0.1, 0.15) is 78.7 Å². The average Bonchev–Trinajstić information content (AvgIpc) is 2.92. The van der Waals surface area contributed by atoms with E-state index in [0.29, 0.717) is 17.0 Å². The van der Waals surface area contributed by atoms with Crippen LogP contribution in [-0.4, -0.2) is 58.1 Å². The Hall–Kier alpha value is -2.54. The summed E-state index contributed by atoms with van der Waals surface area (Å²) in [6.07, 6.45) is 2.32. The Morgan fingerprint density at radius 1 is 0.931 bits per heavy atom. The van der Waals surface area contributed by atoms with E-state index in [9.17, 15) is 19.2 Å². The number of hydrogen-bond acceptors (Lipinski definition) is 5. The van der Waals surface area contributed by atoms with Crippen LogP contribution < -0.4 is 5.32 Å². The molecule has 2 fully saturated rings. The number of rotatable bonds is 2. The molecular weight excluding hydrogens is 370 g/mol. The smallest absolute Gasteiger partial charge is 0.262 e. The van der Waals surface area contributed by atoms with Crippen LogP contribution in [0.15, 0.2) is 18.2 Å². The average molecular weight is 397 g/mol. The van der Waals surface area contributed by atoms with E-state index in [1.165, 1.54) is 0 Å². The predicted octanol–water partition coefficient (Wildman–Crippen LogP) is 2.07. The highest BCUT2D eigenvalue weighted by Crippen LogP contribution is 2.34. The monoisotopic (exact) mass is 397 g/mol. The highest BCUT2D eigenvalue weighted by atomic mass is 16.2. The van der Waals surface area contributed by atoms with E-state index in [0.717, 1.165) is 36.4 Å². The number of amides is 4. The van der Waals surface area contributed by atoms with Gasteiger partial charge in [-0.3, -0.25) is 34.3 Å². The van der Waals surface area contributed by atoms with Crippen molar-refractivity contribution in [2.24, 2.45) is 0 Å². The molecule has 0 aliphatic carbocycles. The first-order valence-corrected chi connectivity index (χ1v) is 10.3. The third-order valence-electron chi connectivity index (χ3n) is 6.38. The van der Waals surface area contributed by atoms with Crippen molar-refractivity contribution in [3.8, 4) is 0 Å². The highest BCUT2D eigenvalue weighted by molar-refractivity contribution is 6.23. The van der Waals surface area contributed by atoms with Crippen LogP contribution in [-0.2, 0) is 9.59 Å². The van der Waals surface area contributed by atoms with Gasteiger partial charge < -0.3 is 0 Å². The van der Waals surface area contributed by atoms with E-state index in [2.05, 4.69) is 31.0 Å². The Morgan fingerprint density at radius 3 is 2.21 bits per heavy atom. The van der Waals surface area contributed by atoms with Crippen LogP contribution in [0.3, 0.4) is 0 Å². The van der Waals surface area contributed by atoms with Crippen LogP contribution in [0.25, 0.3) is 0 Å². The summed E-state index contributed by atoms with van der Waals surface area (Å²) in [5.41, 5.74) is 1.93. The Labute approximate surface area is 170 Å². The van der Waals surface area contributed by atoms with Crippen LogP contribution >= 0.6 is 0 Å². The maximum atomic E-state index is 13.0. The molecule has 0 spiro atoms. The molecule has 1 N–H and O–H groups in total. The van der Waals surface area contributed by atoms with Crippen molar-refractivity contribution in [3.05, 3.63) is 34.9 Å². The first-order chi connectivity index (χ1) is 13.7. The van der Waals surface area contributed by atoms with Gasteiger partial charge in [-0.1, -0.05) is 6.07 Å². The van der Waals surface area contributed by atoms with Crippen LogP contribution in [0, 0.1) is 0 Å². The van der Waals surface area contributed by atoms with Crippen LogP contribution in [0.2, 0.25) is 0 Å². The molecule has 1 aromatic carbocycles. The van der Waals surface area contributed by atoms with Gasteiger partial charge in [0, 0.05) is 12.0 Å². The SMILES string of the molecule is CC(C)(C)N1CCC(c2ccc3c(c2)C(=O)N(C2CCC(=O)NC2=O)C3=O)CC1. The molecule has 0 radical (unpaired) electrons. The number of hydrogen-bond donors (Lipinski definition) is 1. The van der Waals surface area contributed by atoms with Crippen molar-refractivity contribution in [2.45, 2.75) is 64.0 Å². The lowest BCUT2D eigenvalue weighted by Crippen LogP contribution is -2.54. The topological polar surface area (TPSA) is 86.8 Å². The Bertz CT molecular complexity index is 894. The summed E-state index contributed by atoms with van der Waals surface area (Å²) in [5.74, 6) is -1.48. The van der Waals surface area contributed by atoms with E-state index in [4.69, 9.17) is 0 Å². The van der Waals surface area contributed by atoms with Crippen molar-refractivity contribution in [3.63, 3.8) is 0 Å². The van der Waals surface area contributed by atoms with Crippen molar-refractivity contribution in [2.75, 3.05) is 13.1 Å². The summed E-state index contributed by atoms with van der Waals surface area (Å²) >= 11 is 0. The largest absolute Gasteiger partial charge is 0.298 e. The van der Waals surface area contributed by atoms with E-state index in [1.54, 1.807) is 6.07 Å². The van der Waals surface area contributed by atoms with Crippen molar-refractivity contribution in [1.82, 2.24) is 15.1 Å². The lowest BCUT2D eigenvalue weighted by Gasteiger charge is -2.41. The fourth-order valence-corrected chi connectivity index (χ4v) is 4.63. The predicted molar refractivity (Wildman–Crippen MR) is 106 cm³/mol. The second kappa shape index (κ2) is 7.06. The molecule has 3 aliphatic rings. The van der Waals surface area contributed by atoms with Crippen molar-refractivity contribution in [1.29, 1.82) is 0 Å². The first kappa shape index (κ1) is 19.8. The molecule has 7 nitrogen and oxygen atoms in total. The third kappa shape index (κ3) is 3.48. The lowest BCUT2D eigenvalue weighted by atomic mass is 9.86. The van der Waals surface area contributed by atoms with Crippen LogP contribution in [0.5, 0.6) is 0 Å². The number of likely N-dealkylation sites (tertiary alicyclic amines) is 1. The zero-order chi connectivity index (χ0) is 20.9. The molecule has 0 bridgehead atoms. The van der Waals surface area contributed by atoms with E-state index in [-0.39, 0.29) is 24.3 Å². The minimum absolute atomic E-state index is 0.126. The molecular formula is C22H27N3O4. The number of imide groups is 2. The minimum Gasteiger partial charge on any atom is -0.298 e. The number of piperidine rings is 2. The number of carbonyl (C=O) groups is 4. The molecule has 2 saturated heterocycles. The van der Waals surface area contributed by atoms with Gasteiger partial charge in [-0.05, 0) is 76.7 Å². The zero-order valence-electron chi connectivity index (χ0n) is 17.2. The fraction of sp³-hybridized carbons (Fsp3) is 0.545. The molecule has 3 aliphatic heterocycles. The minimum atomic E-state index is -0.918. The highest BCUT2D eigenvalue weighted by Gasteiger charge is 2.44. The van der Waals surface area contributed by atoms with Gasteiger partial charge in [0.25, 0.3) is 11.8 Å². The van der Waals surface area contributed by atoms with Crippen molar-refractivity contribution < 1.29 is 19.2 Å². The molecule has 1 aromatic rings. The number of nitrogens with zero attached hydrogens (tertiary/aromatic N) is 2. The van der Waals surface area contributed by atoms with Gasteiger partial charge in [0.15, 0.2) is 0 Å². The summed E-state index contributed by atoms with van der Waals surface area (Å²) < 4.78 is 0. The van der Waals surface area contributed by atoms with Gasteiger partial charge in [-0.2, -0.15) is 0 Å². The summed E-state index contributed by atoms with van der Waals surface area (Å²) in [4.78, 5) is 52.9. The van der Waals surface area contributed by atoms with E-state index in [1.807, 2.05) is 12.1 Å². The Kier molecular flexibility index (Phi) is 4.81. The zero-order valence-corrected chi connectivity index (χ0v) is 17.2. The van der Waals surface area contributed by atoms with Gasteiger partial charge >= 0.3 is 0 Å². The standard InChI is InChI=1S/C22H27N3O4/c1-22(2,3)24-10-8-13(9-11-24)14-4-5-15-16(12-14)21(29)25(20(15)28)17-6-7-18(26)23-19(17)27/h4-5,12-13,17H,6-11H2,1-3H3,(H,23,26,27). The van der Waals surface area contributed by atoms with E-state index >= 15 is 0 Å². The van der Waals surface area contributed by atoms with Gasteiger partial charge in [0.05, 0.1) is 11.1 Å². The number of benzene rings is 1. The quantitative estimate of drug-likeness (QED) is 0.772. The van der Waals surface area contributed by atoms with Crippen molar-refractivity contribution >= 4 is 23.6 Å². The van der Waals surface area contributed by atoms with Gasteiger partial charge in [-0.25, -0.2) is 0 Å². The van der Waals surface area contributed by atoms with Gasteiger partial charge in [0.2, 0.25) is 11.8 Å². The maximum absolute atomic E-state index is 13.0. The van der Waals surface area contributed by atoms with Gasteiger partial charge in [0.1, 0.15) is 6.04 Å². The van der Waals surface area contributed by atoms with Gasteiger partial charge in [-0.15, -0.1) is 0 Å². The molecule has 29 heavy (non-hydrogen) atoms. The van der Waals surface area contributed by atoms with Crippen LogP contribution in [0.4, 0.5) is 0 Å². The molecule has 4 rings (SSSR count). The maximum Gasteiger partial charge on any atom is 0.262 e. The molecule has 4 amide bonds. The summed E-state index contributed by atoms with van der Waals surface area (Å²) in [6.45, 7) is 8.66. The van der Waals surface area contributed by atoms with E-state index < -0.39 is 23.8 Å². The molecule has 0 aromatic heterocycles. The fourth-order valence-electron chi connectivity index (χ4n) is 4.63. The molecule has 1 unspecified atom stereocenters. The number of carbonyl (C=O) groups excluding carboxylic acids is 4. The molecule has 1 atom stereocenters. The number of nitrogens with one attached hydrogen (secondary N) is 1. The molecule has 7 heteroatoms. The molecule has 0 saturated carbocycles. The second-order valence-electron chi connectivity index (χ2n) is 9.18. The lowest BCUT2D eigenvalue weighted by molar-refractivity contribution is -0.136. The summed E-state index contributed by atoms with van der Waals surface area (Å²) in [7, 11) is 0. The first-order valence-electron chi connectivity index (χ1n) is 10.3. The normalized spacial score (nSPS) is 24.1. The Morgan fingerprint density at radius 2 is 1.59 bits per heavy atom. The molecule has 154 valence electrons. The number of fused-ring (bicyclic) bond motifs is 1. The third-order valence-corrected chi connectivity index (χ3v) is 6.38. The summed E-state index contributed by atoms with van der Waals surface area (Å²) in [5, 5.41) is 2.22. The molecule has 3 heterocycles. The second-order valence-corrected chi connectivity index (χ2v) is 9.18. The Balaban J connectivity index is 1.53.